The van der Waals surface area contributed by atoms with Crippen molar-refractivity contribution in [3.05, 3.63) is 24.5 Å². The monoisotopic (exact) mass is 373 g/mol. The summed E-state index contributed by atoms with van der Waals surface area (Å²) in [6, 6.07) is 4.45. The van der Waals surface area contributed by atoms with Gasteiger partial charge in [0.2, 0.25) is 5.91 Å². The second-order valence-corrected chi connectivity index (χ2v) is 7.29. The molecule has 27 heavy (non-hydrogen) atoms. The summed E-state index contributed by atoms with van der Waals surface area (Å²) in [5.41, 5.74) is 0. The first-order valence-corrected chi connectivity index (χ1v) is 10.1. The zero-order valence-corrected chi connectivity index (χ0v) is 16.1. The number of pyridine rings is 1. The Labute approximate surface area is 161 Å². The van der Waals surface area contributed by atoms with E-state index in [1.807, 2.05) is 12.1 Å². The molecule has 2 atom stereocenters. The van der Waals surface area contributed by atoms with E-state index >= 15 is 0 Å². The van der Waals surface area contributed by atoms with Gasteiger partial charge in [-0.25, -0.2) is 4.99 Å². The summed E-state index contributed by atoms with van der Waals surface area (Å²) < 4.78 is 5.64. The average molecular weight is 374 g/mol. The first kappa shape index (κ1) is 19.5. The molecule has 2 saturated carbocycles. The van der Waals surface area contributed by atoms with Crippen LogP contribution in [0.15, 0.2) is 29.5 Å². The van der Waals surface area contributed by atoms with Crippen LogP contribution in [-0.2, 0) is 4.79 Å². The highest BCUT2D eigenvalue weighted by Crippen LogP contribution is 2.26. The van der Waals surface area contributed by atoms with Gasteiger partial charge in [0.05, 0.1) is 12.7 Å². The van der Waals surface area contributed by atoms with Crippen LogP contribution in [0.4, 0.5) is 0 Å². The summed E-state index contributed by atoms with van der Waals surface area (Å²) in [5, 5.41) is 9.93. The number of nitrogens with one attached hydrogen (secondary N) is 3. The molecule has 1 heterocycles. The van der Waals surface area contributed by atoms with Crippen LogP contribution in [0.5, 0.6) is 5.75 Å². The molecule has 2 fully saturated rings. The number of guanidine groups is 1. The van der Waals surface area contributed by atoms with Crippen molar-refractivity contribution in [2.75, 3.05) is 19.7 Å². The SMILES string of the molecule is CCNC(=NCCOc1cccnc1)NC1CCCC(C(=O)NC2CC2)C1. The molecule has 2 aliphatic carbocycles. The summed E-state index contributed by atoms with van der Waals surface area (Å²) in [6.07, 6.45) is 9.70. The van der Waals surface area contributed by atoms with Gasteiger partial charge in [-0.1, -0.05) is 6.42 Å². The number of aliphatic imine (C=N–C) groups is 1. The minimum Gasteiger partial charge on any atom is -0.490 e. The number of rotatable bonds is 8. The summed E-state index contributed by atoms with van der Waals surface area (Å²) in [5.74, 6) is 1.90. The summed E-state index contributed by atoms with van der Waals surface area (Å²) in [7, 11) is 0. The van der Waals surface area contributed by atoms with Crippen molar-refractivity contribution < 1.29 is 9.53 Å². The molecule has 0 radical (unpaired) electrons. The van der Waals surface area contributed by atoms with Crippen LogP contribution in [0.3, 0.4) is 0 Å². The second kappa shape index (κ2) is 10.1. The molecule has 0 spiro atoms. The Balaban J connectivity index is 1.44. The summed E-state index contributed by atoms with van der Waals surface area (Å²) in [6.45, 7) is 3.91. The Morgan fingerprint density at radius 3 is 2.89 bits per heavy atom. The van der Waals surface area contributed by atoms with Crippen molar-refractivity contribution >= 4 is 11.9 Å². The molecule has 1 amide bonds. The van der Waals surface area contributed by atoms with Gasteiger partial charge in [-0.2, -0.15) is 0 Å². The smallest absolute Gasteiger partial charge is 0.223 e. The number of hydrogen-bond acceptors (Lipinski definition) is 4. The van der Waals surface area contributed by atoms with E-state index in [1.54, 1.807) is 12.4 Å². The van der Waals surface area contributed by atoms with E-state index in [1.165, 1.54) is 0 Å². The zero-order valence-electron chi connectivity index (χ0n) is 16.1. The molecule has 2 aliphatic rings. The number of aromatic nitrogens is 1. The van der Waals surface area contributed by atoms with Crippen molar-refractivity contribution in [2.24, 2.45) is 10.9 Å². The van der Waals surface area contributed by atoms with Crippen LogP contribution < -0.4 is 20.7 Å². The maximum atomic E-state index is 12.3. The highest BCUT2D eigenvalue weighted by molar-refractivity contribution is 5.81. The zero-order chi connectivity index (χ0) is 18.9. The fourth-order valence-electron chi connectivity index (χ4n) is 3.37. The van der Waals surface area contributed by atoms with Gasteiger partial charge in [0, 0.05) is 30.7 Å². The van der Waals surface area contributed by atoms with Crippen molar-refractivity contribution in [1.29, 1.82) is 0 Å². The molecule has 1 aromatic rings. The van der Waals surface area contributed by atoms with E-state index in [4.69, 9.17) is 4.74 Å². The molecule has 0 bridgehead atoms. The lowest BCUT2D eigenvalue weighted by Crippen LogP contribution is -2.47. The molecule has 0 aromatic carbocycles. The first-order chi connectivity index (χ1) is 13.2. The highest BCUT2D eigenvalue weighted by atomic mass is 16.5. The fourth-order valence-corrected chi connectivity index (χ4v) is 3.37. The second-order valence-electron chi connectivity index (χ2n) is 7.29. The lowest BCUT2D eigenvalue weighted by atomic mass is 9.85. The Morgan fingerprint density at radius 2 is 2.15 bits per heavy atom. The maximum Gasteiger partial charge on any atom is 0.223 e. The molecule has 1 aromatic heterocycles. The molecule has 3 N–H and O–H groups in total. The van der Waals surface area contributed by atoms with Crippen LogP contribution in [0.1, 0.15) is 45.4 Å². The van der Waals surface area contributed by atoms with Crippen LogP contribution in [-0.4, -0.2) is 48.6 Å². The number of hydrogen-bond donors (Lipinski definition) is 3. The van der Waals surface area contributed by atoms with Gasteiger partial charge in [0.25, 0.3) is 0 Å². The third-order valence-electron chi connectivity index (χ3n) is 4.92. The largest absolute Gasteiger partial charge is 0.490 e. The predicted molar refractivity (Wildman–Crippen MR) is 106 cm³/mol. The molecule has 148 valence electrons. The Hall–Kier alpha value is -2.31. The highest BCUT2D eigenvalue weighted by Gasteiger charge is 2.31. The minimum absolute atomic E-state index is 0.119. The van der Waals surface area contributed by atoms with Crippen LogP contribution in [0.25, 0.3) is 0 Å². The topological polar surface area (TPSA) is 87.6 Å². The van der Waals surface area contributed by atoms with Gasteiger partial charge in [-0.15, -0.1) is 0 Å². The molecule has 2 unspecified atom stereocenters. The molecular weight excluding hydrogens is 342 g/mol. The van der Waals surface area contributed by atoms with E-state index in [2.05, 4.69) is 32.9 Å². The Kier molecular flexibility index (Phi) is 7.30. The van der Waals surface area contributed by atoms with Gasteiger partial charge >= 0.3 is 0 Å². The molecule has 0 aliphatic heterocycles. The minimum atomic E-state index is 0.119. The molecule has 0 saturated heterocycles. The number of carbonyl (C=O) groups excluding carboxylic acids is 1. The van der Waals surface area contributed by atoms with E-state index in [9.17, 15) is 4.79 Å². The normalized spacial score (nSPS) is 22.8. The average Bonchev–Trinajstić information content (AvgIpc) is 3.50. The van der Waals surface area contributed by atoms with Gasteiger partial charge in [-0.05, 0) is 51.2 Å². The lowest BCUT2D eigenvalue weighted by molar-refractivity contribution is -0.126. The first-order valence-electron chi connectivity index (χ1n) is 10.1. The van der Waals surface area contributed by atoms with Gasteiger partial charge in [-0.3, -0.25) is 9.78 Å². The van der Waals surface area contributed by atoms with Crippen molar-refractivity contribution in [2.45, 2.75) is 57.5 Å². The maximum absolute atomic E-state index is 12.3. The standard InChI is InChI=1S/C20H31N5O2/c1-2-22-20(23-11-12-27-18-7-4-10-21-14-18)25-17-6-3-5-15(13-17)19(26)24-16-8-9-16/h4,7,10,14-17H,2-3,5-6,8-9,11-13H2,1H3,(H,24,26)(H2,22,23,25). The van der Waals surface area contributed by atoms with E-state index in [0.29, 0.717) is 19.2 Å². The number of carbonyl (C=O) groups is 1. The Bertz CT molecular complexity index is 618. The van der Waals surface area contributed by atoms with Crippen molar-refractivity contribution in [1.82, 2.24) is 20.9 Å². The quantitative estimate of drug-likeness (QED) is 0.368. The van der Waals surface area contributed by atoms with E-state index in [-0.39, 0.29) is 17.9 Å². The van der Waals surface area contributed by atoms with Crippen molar-refractivity contribution in [3.8, 4) is 5.75 Å². The third kappa shape index (κ3) is 6.73. The number of ether oxygens (including phenoxy) is 1. The molecule has 7 heteroatoms. The van der Waals surface area contributed by atoms with Crippen molar-refractivity contribution in [3.63, 3.8) is 0 Å². The molecular formula is C20H31N5O2. The van der Waals surface area contributed by atoms with Gasteiger partial charge in [0.15, 0.2) is 5.96 Å². The van der Waals surface area contributed by atoms with E-state index in [0.717, 1.165) is 56.8 Å². The van der Waals surface area contributed by atoms with E-state index < -0.39 is 0 Å². The molecule has 7 nitrogen and oxygen atoms in total. The van der Waals surface area contributed by atoms with Crippen LogP contribution >= 0.6 is 0 Å². The number of nitrogens with zero attached hydrogens (tertiary/aromatic N) is 2. The predicted octanol–water partition coefficient (Wildman–Crippen LogP) is 1.85. The number of amides is 1. The summed E-state index contributed by atoms with van der Waals surface area (Å²) >= 11 is 0. The van der Waals surface area contributed by atoms with Gasteiger partial charge < -0.3 is 20.7 Å². The van der Waals surface area contributed by atoms with Gasteiger partial charge in [0.1, 0.15) is 12.4 Å². The fraction of sp³-hybridized carbons (Fsp3) is 0.650. The third-order valence-corrected chi connectivity index (χ3v) is 4.92. The Morgan fingerprint density at radius 1 is 1.26 bits per heavy atom. The lowest BCUT2D eigenvalue weighted by Gasteiger charge is -2.30. The summed E-state index contributed by atoms with van der Waals surface area (Å²) in [4.78, 5) is 21.0. The van der Waals surface area contributed by atoms with Crippen LogP contribution in [0.2, 0.25) is 0 Å². The van der Waals surface area contributed by atoms with Crippen LogP contribution in [0, 0.1) is 5.92 Å². The molecule has 3 rings (SSSR count).